The van der Waals surface area contributed by atoms with Crippen molar-refractivity contribution in [3.8, 4) is 0 Å². The number of hydrogen-bond donors (Lipinski definition) is 0. The zero-order valence-electron chi connectivity index (χ0n) is 17.7. The van der Waals surface area contributed by atoms with E-state index in [0.29, 0.717) is 16.8 Å². The van der Waals surface area contributed by atoms with Crippen LogP contribution in [0, 0.1) is 12.7 Å². The molecule has 2 aromatic carbocycles. The number of nitrogens with zero attached hydrogens (tertiary/aromatic N) is 3. The average Bonchev–Trinajstić information content (AvgIpc) is 3.26. The monoisotopic (exact) mass is 451 g/mol. The highest BCUT2D eigenvalue weighted by atomic mass is 32.1. The molecule has 0 bridgehead atoms. The van der Waals surface area contributed by atoms with Gasteiger partial charge in [0.1, 0.15) is 17.1 Å². The van der Waals surface area contributed by atoms with Crippen LogP contribution >= 0.6 is 11.3 Å². The lowest BCUT2D eigenvalue weighted by molar-refractivity contribution is -0.119. The van der Waals surface area contributed by atoms with Crippen LogP contribution in [-0.4, -0.2) is 21.6 Å². The van der Waals surface area contributed by atoms with E-state index < -0.39 is 17.1 Å². The molecule has 0 aliphatic rings. The predicted molar refractivity (Wildman–Crippen MR) is 125 cm³/mol. The van der Waals surface area contributed by atoms with Gasteiger partial charge in [0, 0.05) is 17.8 Å². The number of aromatic nitrogens is 2. The number of benzene rings is 2. The van der Waals surface area contributed by atoms with E-state index in [4.69, 9.17) is 0 Å². The Morgan fingerprint density at radius 1 is 1.06 bits per heavy atom. The largest absolute Gasteiger partial charge is 0.332 e. The van der Waals surface area contributed by atoms with Crippen LogP contribution in [0.3, 0.4) is 0 Å². The van der Waals surface area contributed by atoms with Crippen LogP contribution in [0.5, 0.6) is 0 Å². The van der Waals surface area contributed by atoms with Crippen molar-refractivity contribution < 1.29 is 9.18 Å². The van der Waals surface area contributed by atoms with Crippen LogP contribution < -0.4 is 16.1 Å². The second-order valence-corrected chi connectivity index (χ2v) is 8.38. The van der Waals surface area contributed by atoms with Crippen molar-refractivity contribution in [2.24, 2.45) is 0 Å². The molecule has 0 radical (unpaired) electrons. The van der Waals surface area contributed by atoms with Gasteiger partial charge >= 0.3 is 5.69 Å². The minimum Gasteiger partial charge on any atom is -0.311 e. The van der Waals surface area contributed by atoms with E-state index in [1.807, 2.05) is 38.1 Å². The maximum atomic E-state index is 14.2. The number of amides is 1. The first kappa shape index (κ1) is 21.7. The number of fused-ring (bicyclic) bond motifs is 1. The Morgan fingerprint density at radius 3 is 2.56 bits per heavy atom. The minimum atomic E-state index is -0.641. The first-order chi connectivity index (χ1) is 15.4. The summed E-state index contributed by atoms with van der Waals surface area (Å²) in [6, 6.07) is 15.2. The van der Waals surface area contributed by atoms with E-state index >= 15 is 0 Å². The summed E-state index contributed by atoms with van der Waals surface area (Å²) >= 11 is 1.19. The maximum Gasteiger partial charge on any atom is 0.332 e. The molecule has 8 heteroatoms. The fourth-order valence-corrected chi connectivity index (χ4v) is 4.58. The lowest BCUT2D eigenvalue weighted by Gasteiger charge is -2.22. The van der Waals surface area contributed by atoms with Crippen LogP contribution in [0.25, 0.3) is 10.2 Å². The fourth-order valence-electron chi connectivity index (χ4n) is 3.74. The van der Waals surface area contributed by atoms with Crippen LogP contribution in [0.2, 0.25) is 0 Å². The number of carbonyl (C=O) groups excluding carboxylic acids is 1. The molecule has 4 rings (SSSR count). The number of carbonyl (C=O) groups is 1. The normalized spacial score (nSPS) is 11.1. The predicted octanol–water partition coefficient (Wildman–Crippen LogP) is 3.77. The highest BCUT2D eigenvalue weighted by molar-refractivity contribution is 7.17. The molecule has 0 atom stereocenters. The molecule has 1 amide bonds. The molecule has 32 heavy (non-hydrogen) atoms. The van der Waals surface area contributed by atoms with E-state index in [-0.39, 0.29) is 24.6 Å². The smallest absolute Gasteiger partial charge is 0.311 e. The van der Waals surface area contributed by atoms with Crippen LogP contribution in [0.15, 0.2) is 69.6 Å². The van der Waals surface area contributed by atoms with Gasteiger partial charge in [0.25, 0.3) is 5.56 Å². The maximum absolute atomic E-state index is 14.2. The summed E-state index contributed by atoms with van der Waals surface area (Å²) < 4.78 is 16.8. The van der Waals surface area contributed by atoms with E-state index in [1.54, 1.807) is 28.5 Å². The molecule has 0 aliphatic carbocycles. The SMILES string of the molecule is CCN(C(=O)Cn1c(=O)n(Cc2ccccc2F)c(=O)c2sccc21)c1cccc(C)c1. The third kappa shape index (κ3) is 4.01. The number of thiophene rings is 1. The summed E-state index contributed by atoms with van der Waals surface area (Å²) in [5, 5.41) is 1.71. The summed E-state index contributed by atoms with van der Waals surface area (Å²) in [6.07, 6.45) is 0. The minimum absolute atomic E-state index is 0.207. The number of halogens is 1. The zero-order valence-corrected chi connectivity index (χ0v) is 18.6. The molecule has 0 unspecified atom stereocenters. The van der Waals surface area contributed by atoms with Gasteiger partial charge in [0.15, 0.2) is 0 Å². The fraction of sp³-hybridized carbons (Fsp3) is 0.208. The quantitative estimate of drug-likeness (QED) is 0.448. The summed E-state index contributed by atoms with van der Waals surface area (Å²) in [5.74, 6) is -0.770. The van der Waals surface area contributed by atoms with Crippen molar-refractivity contribution in [1.82, 2.24) is 9.13 Å². The molecule has 2 aromatic heterocycles. The molecule has 164 valence electrons. The third-order valence-electron chi connectivity index (χ3n) is 5.35. The van der Waals surface area contributed by atoms with Crippen LogP contribution in [0.1, 0.15) is 18.1 Å². The van der Waals surface area contributed by atoms with Gasteiger partial charge in [-0.05, 0) is 49.1 Å². The van der Waals surface area contributed by atoms with Crippen LogP contribution in [-0.2, 0) is 17.9 Å². The van der Waals surface area contributed by atoms with Gasteiger partial charge in [-0.1, -0.05) is 30.3 Å². The zero-order chi connectivity index (χ0) is 22.8. The Kier molecular flexibility index (Phi) is 6.05. The average molecular weight is 452 g/mol. The topological polar surface area (TPSA) is 64.3 Å². The van der Waals surface area contributed by atoms with Gasteiger partial charge in [-0.3, -0.25) is 18.7 Å². The van der Waals surface area contributed by atoms with E-state index in [0.717, 1.165) is 15.8 Å². The van der Waals surface area contributed by atoms with E-state index in [1.165, 1.54) is 28.0 Å². The molecular formula is C24H22FN3O3S. The Hall–Kier alpha value is -3.52. The summed E-state index contributed by atoms with van der Waals surface area (Å²) in [5.41, 5.74) is 1.27. The van der Waals surface area contributed by atoms with E-state index in [9.17, 15) is 18.8 Å². The first-order valence-electron chi connectivity index (χ1n) is 10.2. The Bertz CT molecular complexity index is 1420. The number of aryl methyl sites for hydroxylation is 1. The molecule has 0 N–H and O–H groups in total. The summed E-state index contributed by atoms with van der Waals surface area (Å²) in [4.78, 5) is 41.1. The number of likely N-dealkylation sites (N-methyl/N-ethyl adjacent to an activating group) is 1. The molecule has 0 saturated heterocycles. The molecule has 0 saturated carbocycles. The molecular weight excluding hydrogens is 429 g/mol. The summed E-state index contributed by atoms with van der Waals surface area (Å²) in [7, 11) is 0. The Balaban J connectivity index is 1.78. The molecule has 0 aliphatic heterocycles. The van der Waals surface area contributed by atoms with Gasteiger partial charge in [-0.2, -0.15) is 0 Å². The standard InChI is InChI=1S/C24H22FN3O3S/c1-3-26(18-9-6-7-16(2)13-18)21(29)15-27-20-11-12-32-22(20)23(30)28(24(27)31)14-17-8-4-5-10-19(17)25/h4-13H,3,14-15H2,1-2H3. The van der Waals surface area contributed by atoms with Gasteiger partial charge in [-0.25, -0.2) is 9.18 Å². The number of rotatable bonds is 6. The first-order valence-corrected chi connectivity index (χ1v) is 11.1. The van der Waals surface area contributed by atoms with Crippen molar-refractivity contribution >= 4 is 33.1 Å². The van der Waals surface area contributed by atoms with Crippen molar-refractivity contribution in [3.05, 3.63) is 97.8 Å². The Morgan fingerprint density at radius 2 is 1.84 bits per heavy atom. The van der Waals surface area contributed by atoms with Gasteiger partial charge < -0.3 is 4.90 Å². The van der Waals surface area contributed by atoms with Crippen molar-refractivity contribution in [2.45, 2.75) is 26.9 Å². The van der Waals surface area contributed by atoms with Gasteiger partial charge in [0.05, 0.1) is 12.1 Å². The van der Waals surface area contributed by atoms with Crippen molar-refractivity contribution in [3.63, 3.8) is 0 Å². The molecule has 4 aromatic rings. The van der Waals surface area contributed by atoms with Crippen molar-refractivity contribution in [1.29, 1.82) is 0 Å². The second kappa shape index (κ2) is 8.92. The molecule has 2 heterocycles. The highest BCUT2D eigenvalue weighted by Crippen LogP contribution is 2.19. The second-order valence-electron chi connectivity index (χ2n) is 7.46. The number of anilines is 1. The van der Waals surface area contributed by atoms with Crippen molar-refractivity contribution in [2.75, 3.05) is 11.4 Å². The van der Waals surface area contributed by atoms with E-state index in [2.05, 4.69) is 0 Å². The molecule has 0 spiro atoms. The third-order valence-corrected chi connectivity index (χ3v) is 6.24. The van der Waals surface area contributed by atoms with Gasteiger partial charge in [0.2, 0.25) is 5.91 Å². The number of hydrogen-bond acceptors (Lipinski definition) is 4. The molecule has 6 nitrogen and oxygen atoms in total. The van der Waals surface area contributed by atoms with Gasteiger partial charge in [-0.15, -0.1) is 11.3 Å². The molecule has 0 fully saturated rings. The van der Waals surface area contributed by atoms with Crippen LogP contribution in [0.4, 0.5) is 10.1 Å². The lowest BCUT2D eigenvalue weighted by Crippen LogP contribution is -2.43. The lowest BCUT2D eigenvalue weighted by atomic mass is 10.2. The Labute approximate surface area is 187 Å². The highest BCUT2D eigenvalue weighted by Gasteiger charge is 2.20. The summed E-state index contributed by atoms with van der Waals surface area (Å²) in [6.45, 7) is 3.80.